The summed E-state index contributed by atoms with van der Waals surface area (Å²) in [6, 6.07) is -0.0440. The highest BCUT2D eigenvalue weighted by atomic mass is 16.5. The van der Waals surface area contributed by atoms with Gasteiger partial charge in [0.05, 0.1) is 19.1 Å². The number of ether oxygens (including phenoxy) is 1. The lowest BCUT2D eigenvalue weighted by molar-refractivity contribution is -0.138. The number of amides is 1. The predicted molar refractivity (Wildman–Crippen MR) is 70.0 cm³/mol. The lowest BCUT2D eigenvalue weighted by Gasteiger charge is -2.35. The number of aliphatic hydroxyl groups is 1. The predicted octanol–water partition coefficient (Wildman–Crippen LogP) is 0.217. The Hall–Kier alpha value is -0.650. The van der Waals surface area contributed by atoms with Gasteiger partial charge in [-0.3, -0.25) is 4.79 Å². The van der Waals surface area contributed by atoms with Crippen molar-refractivity contribution >= 4 is 5.91 Å². The van der Waals surface area contributed by atoms with Crippen LogP contribution in [0.5, 0.6) is 0 Å². The monoisotopic (exact) mass is 258 g/mol. The fourth-order valence-corrected chi connectivity index (χ4v) is 2.58. The van der Waals surface area contributed by atoms with Gasteiger partial charge in [0.1, 0.15) is 0 Å². The standard InChI is InChI=1S/C13H26N2O3/c1-10-3-4-12(14)11(9-10)13(17)15(5-7-16)6-8-18-2/h10-12,16H,3-9,14H2,1-2H3. The highest BCUT2D eigenvalue weighted by Gasteiger charge is 2.33. The summed E-state index contributed by atoms with van der Waals surface area (Å²) < 4.78 is 5.00. The quantitative estimate of drug-likeness (QED) is 0.714. The Morgan fingerprint density at radius 3 is 2.78 bits per heavy atom. The summed E-state index contributed by atoms with van der Waals surface area (Å²) in [7, 11) is 1.61. The average molecular weight is 258 g/mol. The zero-order valence-corrected chi connectivity index (χ0v) is 11.5. The molecule has 106 valence electrons. The smallest absolute Gasteiger partial charge is 0.227 e. The van der Waals surface area contributed by atoms with E-state index in [1.54, 1.807) is 12.0 Å². The van der Waals surface area contributed by atoms with Crippen molar-refractivity contribution in [1.82, 2.24) is 4.90 Å². The van der Waals surface area contributed by atoms with E-state index in [-0.39, 0.29) is 24.5 Å². The van der Waals surface area contributed by atoms with Gasteiger partial charge in [-0.25, -0.2) is 0 Å². The van der Waals surface area contributed by atoms with Crippen molar-refractivity contribution < 1.29 is 14.6 Å². The molecule has 3 atom stereocenters. The van der Waals surface area contributed by atoms with Gasteiger partial charge in [0.15, 0.2) is 0 Å². The van der Waals surface area contributed by atoms with Crippen molar-refractivity contribution in [1.29, 1.82) is 0 Å². The highest BCUT2D eigenvalue weighted by molar-refractivity contribution is 5.79. The van der Waals surface area contributed by atoms with E-state index in [2.05, 4.69) is 6.92 Å². The summed E-state index contributed by atoms with van der Waals surface area (Å²) in [5.74, 6) is 0.523. The lowest BCUT2D eigenvalue weighted by Crippen LogP contribution is -2.48. The third kappa shape index (κ3) is 4.23. The number of nitrogens with zero attached hydrogens (tertiary/aromatic N) is 1. The molecule has 1 amide bonds. The van der Waals surface area contributed by atoms with Crippen molar-refractivity contribution in [3.05, 3.63) is 0 Å². The maximum Gasteiger partial charge on any atom is 0.227 e. The minimum absolute atomic E-state index is 0.0209. The van der Waals surface area contributed by atoms with Crippen LogP contribution < -0.4 is 5.73 Å². The molecule has 1 fully saturated rings. The molecule has 0 heterocycles. The number of carbonyl (C=O) groups is 1. The van der Waals surface area contributed by atoms with Crippen molar-refractivity contribution in [2.75, 3.05) is 33.4 Å². The molecule has 0 spiro atoms. The molecule has 0 radical (unpaired) electrons. The number of rotatable bonds is 6. The minimum Gasteiger partial charge on any atom is -0.395 e. The van der Waals surface area contributed by atoms with Crippen molar-refractivity contribution in [2.45, 2.75) is 32.2 Å². The Labute approximate surface area is 109 Å². The molecule has 0 saturated heterocycles. The van der Waals surface area contributed by atoms with Crippen molar-refractivity contribution in [2.24, 2.45) is 17.6 Å². The molecular weight excluding hydrogens is 232 g/mol. The Morgan fingerprint density at radius 2 is 2.17 bits per heavy atom. The number of aliphatic hydroxyl groups excluding tert-OH is 1. The Kier molecular flexibility index (Phi) is 6.60. The van der Waals surface area contributed by atoms with Gasteiger partial charge < -0.3 is 20.5 Å². The highest BCUT2D eigenvalue weighted by Crippen LogP contribution is 2.29. The molecule has 1 aliphatic carbocycles. The van der Waals surface area contributed by atoms with Crippen LogP contribution in [0.1, 0.15) is 26.2 Å². The second-order valence-corrected chi connectivity index (χ2v) is 5.23. The van der Waals surface area contributed by atoms with E-state index >= 15 is 0 Å². The van der Waals surface area contributed by atoms with E-state index in [9.17, 15) is 4.79 Å². The Morgan fingerprint density at radius 1 is 1.44 bits per heavy atom. The molecule has 0 aliphatic heterocycles. The number of carbonyl (C=O) groups excluding carboxylic acids is 1. The second-order valence-electron chi connectivity index (χ2n) is 5.23. The van der Waals surface area contributed by atoms with Crippen LogP contribution in [0.15, 0.2) is 0 Å². The zero-order chi connectivity index (χ0) is 13.5. The molecular formula is C13H26N2O3. The van der Waals surface area contributed by atoms with Crippen LogP contribution in [0.25, 0.3) is 0 Å². The summed E-state index contributed by atoms with van der Waals surface area (Å²) in [6.45, 7) is 3.52. The SMILES string of the molecule is COCCN(CCO)C(=O)C1CC(C)CCC1N. The van der Waals surface area contributed by atoms with Gasteiger partial charge in [-0.1, -0.05) is 6.92 Å². The summed E-state index contributed by atoms with van der Waals surface area (Å²) in [5.41, 5.74) is 6.06. The zero-order valence-electron chi connectivity index (χ0n) is 11.5. The number of methoxy groups -OCH3 is 1. The Bertz CT molecular complexity index is 261. The van der Waals surface area contributed by atoms with E-state index in [0.29, 0.717) is 25.6 Å². The minimum atomic E-state index is -0.0999. The molecule has 0 aromatic heterocycles. The van der Waals surface area contributed by atoms with Gasteiger partial charge in [-0.2, -0.15) is 0 Å². The van der Waals surface area contributed by atoms with Crippen LogP contribution in [0.3, 0.4) is 0 Å². The molecule has 0 bridgehead atoms. The van der Waals surface area contributed by atoms with Gasteiger partial charge in [0, 0.05) is 26.2 Å². The first-order valence-corrected chi connectivity index (χ1v) is 6.74. The van der Waals surface area contributed by atoms with Crippen LogP contribution in [-0.2, 0) is 9.53 Å². The van der Waals surface area contributed by atoms with Crippen molar-refractivity contribution in [3.8, 4) is 0 Å². The van der Waals surface area contributed by atoms with Gasteiger partial charge >= 0.3 is 0 Å². The Balaban J connectivity index is 2.61. The van der Waals surface area contributed by atoms with E-state index in [4.69, 9.17) is 15.6 Å². The number of hydrogen-bond donors (Lipinski definition) is 2. The van der Waals surface area contributed by atoms with Gasteiger partial charge in [0.25, 0.3) is 0 Å². The van der Waals surface area contributed by atoms with Crippen LogP contribution in [0.2, 0.25) is 0 Å². The molecule has 1 rings (SSSR count). The maximum absolute atomic E-state index is 12.4. The fraction of sp³-hybridized carbons (Fsp3) is 0.923. The van der Waals surface area contributed by atoms with Gasteiger partial charge in [-0.05, 0) is 25.2 Å². The second kappa shape index (κ2) is 7.71. The third-order valence-electron chi connectivity index (χ3n) is 3.73. The normalized spacial score (nSPS) is 28.1. The first kappa shape index (κ1) is 15.4. The molecule has 5 nitrogen and oxygen atoms in total. The molecule has 3 unspecified atom stereocenters. The fourth-order valence-electron chi connectivity index (χ4n) is 2.58. The molecule has 3 N–H and O–H groups in total. The molecule has 1 saturated carbocycles. The molecule has 1 aliphatic rings. The molecule has 0 aromatic carbocycles. The molecule has 0 aromatic rings. The first-order chi connectivity index (χ1) is 8.60. The average Bonchev–Trinajstić information content (AvgIpc) is 2.36. The summed E-state index contributed by atoms with van der Waals surface area (Å²) in [5, 5.41) is 9.04. The van der Waals surface area contributed by atoms with Crippen LogP contribution in [0.4, 0.5) is 0 Å². The summed E-state index contributed by atoms with van der Waals surface area (Å²) in [6.07, 6.45) is 2.87. The lowest BCUT2D eigenvalue weighted by atomic mass is 9.78. The van der Waals surface area contributed by atoms with Crippen LogP contribution >= 0.6 is 0 Å². The topological polar surface area (TPSA) is 75.8 Å². The van der Waals surface area contributed by atoms with Crippen LogP contribution in [-0.4, -0.2) is 55.4 Å². The van der Waals surface area contributed by atoms with Crippen LogP contribution in [0, 0.1) is 11.8 Å². The van der Waals surface area contributed by atoms with Crippen molar-refractivity contribution in [3.63, 3.8) is 0 Å². The maximum atomic E-state index is 12.4. The molecule has 18 heavy (non-hydrogen) atoms. The van der Waals surface area contributed by atoms with E-state index in [1.165, 1.54) is 0 Å². The largest absolute Gasteiger partial charge is 0.395 e. The van der Waals surface area contributed by atoms with E-state index in [0.717, 1.165) is 19.3 Å². The van der Waals surface area contributed by atoms with E-state index in [1.807, 2.05) is 0 Å². The van der Waals surface area contributed by atoms with Gasteiger partial charge in [0.2, 0.25) is 5.91 Å². The third-order valence-corrected chi connectivity index (χ3v) is 3.73. The van der Waals surface area contributed by atoms with Gasteiger partial charge in [-0.15, -0.1) is 0 Å². The summed E-state index contributed by atoms with van der Waals surface area (Å²) >= 11 is 0. The van der Waals surface area contributed by atoms with E-state index < -0.39 is 0 Å². The number of hydrogen-bond acceptors (Lipinski definition) is 4. The first-order valence-electron chi connectivity index (χ1n) is 6.74. The molecule has 5 heteroatoms. The summed E-state index contributed by atoms with van der Waals surface area (Å²) in [4.78, 5) is 14.1. The number of nitrogens with two attached hydrogens (primary N) is 1.